The second-order valence-corrected chi connectivity index (χ2v) is 1.57. The third-order valence-corrected chi connectivity index (χ3v) is 0.920. The first-order valence-corrected chi connectivity index (χ1v) is 2.77. The number of nitrogens with zero attached hydrogens (tertiary/aromatic N) is 2. The Kier molecular flexibility index (Phi) is 2.13. The van der Waals surface area contributed by atoms with E-state index in [1.165, 1.54) is 0 Å². The molecule has 0 fully saturated rings. The lowest BCUT2D eigenvalue weighted by molar-refractivity contribution is 0.385. The number of aliphatic imine (C=N–C) groups is 1. The predicted molar refractivity (Wildman–Crippen MR) is 35.2 cm³/mol. The molecule has 0 saturated heterocycles. The fraction of sp³-hybridized carbons (Fsp3) is 0.200. The lowest BCUT2D eigenvalue weighted by Crippen LogP contribution is -1.71. The monoisotopic (exact) mass is 140 g/mol. The molecule has 0 N–H and O–H groups in total. The Morgan fingerprint density at radius 3 is 3.33 bits per heavy atom. The summed E-state index contributed by atoms with van der Waals surface area (Å²) in [5, 5.41) is 5.70. The first-order valence-electron chi connectivity index (χ1n) is 2.36. The Balaban J connectivity index is 2.57. The Morgan fingerprint density at radius 1 is 1.89 bits per heavy atom. The topological polar surface area (TPSA) is 38.4 Å². The van der Waals surface area contributed by atoms with Crippen molar-refractivity contribution in [3.05, 3.63) is 18.0 Å². The molecule has 0 unspecified atom stereocenters. The number of thiocarbonyl (C=S) groups is 1. The molecule has 1 rings (SSSR count). The summed E-state index contributed by atoms with van der Waals surface area (Å²) in [5.74, 6) is 0.701. The highest BCUT2D eigenvalue weighted by molar-refractivity contribution is 7.78. The maximum atomic E-state index is 4.71. The van der Waals surface area contributed by atoms with E-state index in [0.29, 0.717) is 12.3 Å². The molecular formula is C5H4N2OS. The average molecular weight is 140 g/mol. The van der Waals surface area contributed by atoms with E-state index in [9.17, 15) is 0 Å². The molecule has 0 saturated carbocycles. The summed E-state index contributed by atoms with van der Waals surface area (Å²) in [7, 11) is 0. The smallest absolute Gasteiger partial charge is 0.158 e. The van der Waals surface area contributed by atoms with Gasteiger partial charge in [-0.25, -0.2) is 4.99 Å². The molecule has 0 bridgehead atoms. The van der Waals surface area contributed by atoms with Crippen LogP contribution in [0.1, 0.15) is 5.76 Å². The van der Waals surface area contributed by atoms with Crippen LogP contribution in [0.3, 0.4) is 0 Å². The van der Waals surface area contributed by atoms with E-state index >= 15 is 0 Å². The zero-order valence-electron chi connectivity index (χ0n) is 4.57. The minimum Gasteiger partial charge on any atom is -0.359 e. The molecule has 0 aliphatic heterocycles. The summed E-state index contributed by atoms with van der Waals surface area (Å²) in [6.45, 7) is 0.434. The van der Waals surface area contributed by atoms with Gasteiger partial charge in [-0.1, -0.05) is 5.16 Å². The van der Waals surface area contributed by atoms with E-state index in [-0.39, 0.29) is 0 Å². The van der Waals surface area contributed by atoms with Gasteiger partial charge in [-0.15, -0.1) is 0 Å². The summed E-state index contributed by atoms with van der Waals surface area (Å²) in [5.41, 5.74) is 0. The molecule has 1 aromatic heterocycles. The van der Waals surface area contributed by atoms with Gasteiger partial charge in [-0.2, -0.15) is 0 Å². The van der Waals surface area contributed by atoms with E-state index < -0.39 is 0 Å². The molecular weight excluding hydrogens is 136 g/mol. The van der Waals surface area contributed by atoms with Crippen molar-refractivity contribution < 1.29 is 4.52 Å². The first-order chi connectivity index (χ1) is 4.43. The van der Waals surface area contributed by atoms with Gasteiger partial charge in [-0.05, 0) is 12.2 Å². The number of hydrogen-bond donors (Lipinski definition) is 0. The molecule has 0 aromatic carbocycles. The number of hydrogen-bond acceptors (Lipinski definition) is 4. The molecule has 0 spiro atoms. The molecule has 0 atom stereocenters. The Hall–Kier alpha value is -0.990. The van der Waals surface area contributed by atoms with E-state index in [1.54, 1.807) is 12.3 Å². The van der Waals surface area contributed by atoms with Crippen molar-refractivity contribution in [2.45, 2.75) is 6.54 Å². The van der Waals surface area contributed by atoms with Crippen molar-refractivity contribution in [1.29, 1.82) is 0 Å². The fourth-order valence-electron chi connectivity index (χ4n) is 0.434. The molecule has 0 aliphatic carbocycles. The van der Waals surface area contributed by atoms with E-state index in [4.69, 9.17) is 4.52 Å². The molecule has 0 radical (unpaired) electrons. The molecule has 1 heterocycles. The van der Waals surface area contributed by atoms with Gasteiger partial charge in [0, 0.05) is 6.07 Å². The maximum Gasteiger partial charge on any atom is 0.158 e. The van der Waals surface area contributed by atoms with Crippen LogP contribution in [0.15, 0.2) is 21.8 Å². The Morgan fingerprint density at radius 2 is 2.78 bits per heavy atom. The zero-order chi connectivity index (χ0) is 6.53. The molecule has 3 nitrogen and oxygen atoms in total. The van der Waals surface area contributed by atoms with Gasteiger partial charge in [0.1, 0.15) is 6.54 Å². The minimum atomic E-state index is 0.434. The molecule has 0 amide bonds. The lowest BCUT2D eigenvalue weighted by Gasteiger charge is -1.78. The van der Waals surface area contributed by atoms with Crippen LogP contribution in [-0.4, -0.2) is 10.3 Å². The van der Waals surface area contributed by atoms with Crippen LogP contribution in [0.5, 0.6) is 0 Å². The van der Waals surface area contributed by atoms with Crippen LogP contribution in [0.2, 0.25) is 0 Å². The van der Waals surface area contributed by atoms with Crippen LogP contribution < -0.4 is 0 Å². The number of aromatic nitrogens is 1. The van der Waals surface area contributed by atoms with Crippen molar-refractivity contribution in [1.82, 2.24) is 5.16 Å². The molecule has 0 aliphatic rings. The highest BCUT2D eigenvalue weighted by Crippen LogP contribution is 1.96. The second kappa shape index (κ2) is 3.12. The largest absolute Gasteiger partial charge is 0.359 e. The highest BCUT2D eigenvalue weighted by atomic mass is 32.1. The Labute approximate surface area is 57.4 Å². The lowest BCUT2D eigenvalue weighted by atomic mass is 10.5. The molecule has 46 valence electrons. The van der Waals surface area contributed by atoms with Gasteiger partial charge < -0.3 is 4.52 Å². The van der Waals surface area contributed by atoms with E-state index in [1.807, 2.05) is 0 Å². The van der Waals surface area contributed by atoms with Crippen LogP contribution in [0, 0.1) is 0 Å². The quantitative estimate of drug-likeness (QED) is 0.458. The van der Waals surface area contributed by atoms with E-state index in [0.717, 1.165) is 0 Å². The molecule has 1 aromatic rings. The standard InChI is InChI=1S/C5H4N2OS/c9-4-6-3-5-1-2-7-8-5/h1-2H,3H2. The normalized spacial score (nSPS) is 8.44. The van der Waals surface area contributed by atoms with E-state index in [2.05, 4.69) is 27.5 Å². The van der Waals surface area contributed by atoms with Gasteiger partial charge in [-0.3, -0.25) is 0 Å². The summed E-state index contributed by atoms with van der Waals surface area (Å²) in [6, 6.07) is 1.73. The summed E-state index contributed by atoms with van der Waals surface area (Å²) < 4.78 is 4.71. The third-order valence-electron chi connectivity index (χ3n) is 0.791. The van der Waals surface area contributed by atoms with Gasteiger partial charge in [0.15, 0.2) is 5.76 Å². The summed E-state index contributed by atoms with van der Waals surface area (Å²) >= 11 is 4.35. The van der Waals surface area contributed by atoms with Gasteiger partial charge >= 0.3 is 0 Å². The van der Waals surface area contributed by atoms with Crippen molar-refractivity contribution in [2.24, 2.45) is 4.99 Å². The van der Waals surface area contributed by atoms with Crippen LogP contribution in [0.4, 0.5) is 0 Å². The molecule has 4 heteroatoms. The second-order valence-electron chi connectivity index (χ2n) is 1.39. The van der Waals surface area contributed by atoms with Gasteiger partial charge in [0.25, 0.3) is 0 Å². The average Bonchev–Trinajstić information content (AvgIpc) is 2.34. The Bertz CT molecular complexity index is 213. The van der Waals surface area contributed by atoms with Crippen molar-refractivity contribution in [3.63, 3.8) is 0 Å². The fourth-order valence-corrected chi connectivity index (χ4v) is 0.498. The minimum absolute atomic E-state index is 0.434. The third kappa shape index (κ3) is 1.76. The van der Waals surface area contributed by atoms with Gasteiger partial charge in [0.05, 0.1) is 11.4 Å². The summed E-state index contributed by atoms with van der Waals surface area (Å²) in [4.78, 5) is 3.65. The van der Waals surface area contributed by atoms with Gasteiger partial charge in [0.2, 0.25) is 0 Å². The van der Waals surface area contributed by atoms with Crippen LogP contribution in [-0.2, 0) is 6.54 Å². The highest BCUT2D eigenvalue weighted by Gasteiger charge is 1.90. The summed E-state index contributed by atoms with van der Waals surface area (Å²) in [6.07, 6.45) is 1.56. The zero-order valence-corrected chi connectivity index (χ0v) is 5.39. The van der Waals surface area contributed by atoms with Crippen molar-refractivity contribution >= 4 is 17.4 Å². The van der Waals surface area contributed by atoms with Crippen molar-refractivity contribution in [2.75, 3.05) is 0 Å². The SMILES string of the molecule is S=C=NCc1ccno1. The van der Waals surface area contributed by atoms with Crippen LogP contribution in [0.25, 0.3) is 0 Å². The first kappa shape index (κ1) is 6.13. The maximum absolute atomic E-state index is 4.71. The number of isothiocyanates is 1. The van der Waals surface area contributed by atoms with Crippen LogP contribution >= 0.6 is 12.2 Å². The molecule has 9 heavy (non-hydrogen) atoms. The number of rotatable bonds is 2. The van der Waals surface area contributed by atoms with Crippen molar-refractivity contribution in [3.8, 4) is 0 Å². The predicted octanol–water partition coefficient (Wildman–Crippen LogP) is 1.28.